The molecule has 0 aliphatic rings. The minimum Gasteiger partial charge on any atom is -0.854 e. The predicted octanol–water partition coefficient (Wildman–Crippen LogP) is -2.71. The molecule has 0 aliphatic heterocycles. The minimum atomic E-state index is -3.37. The van der Waals surface area contributed by atoms with E-state index in [0.717, 1.165) is 0 Å². The second kappa shape index (κ2) is 15.7. The van der Waals surface area contributed by atoms with Crippen molar-refractivity contribution in [2.75, 3.05) is 0 Å². The van der Waals surface area contributed by atoms with Gasteiger partial charge in [0.05, 0.1) is 0 Å². The molecular formula is O3PRh3-3. The Morgan fingerprint density at radius 3 is 0.714 bits per heavy atom. The van der Waals surface area contributed by atoms with Crippen LogP contribution in [0.5, 0.6) is 0 Å². The average molecular weight is 388 g/mol. The fourth-order valence-corrected chi connectivity index (χ4v) is 0. The van der Waals surface area contributed by atoms with Gasteiger partial charge in [-0.3, -0.25) is 0 Å². The zero-order chi connectivity index (χ0) is 3.58. The van der Waals surface area contributed by atoms with Crippen LogP contribution < -0.4 is 14.7 Å². The van der Waals surface area contributed by atoms with Gasteiger partial charge < -0.3 is 23.3 Å². The summed E-state index contributed by atoms with van der Waals surface area (Å²) in [6.07, 6.45) is 0. The molecule has 0 N–H and O–H groups in total. The van der Waals surface area contributed by atoms with Crippen LogP contribution in [0.4, 0.5) is 0 Å². The van der Waals surface area contributed by atoms with Crippen molar-refractivity contribution in [1.82, 2.24) is 0 Å². The summed E-state index contributed by atoms with van der Waals surface area (Å²) in [4.78, 5) is 25.4. The summed E-state index contributed by atoms with van der Waals surface area (Å²) >= 11 is 0. The second-order valence-corrected chi connectivity index (χ2v) is 0.671. The van der Waals surface area contributed by atoms with Gasteiger partial charge in [-0.15, -0.1) is 0 Å². The molecule has 0 aromatic heterocycles. The van der Waals surface area contributed by atoms with Gasteiger partial charge in [0.25, 0.3) is 0 Å². The molecule has 0 aromatic rings. The Morgan fingerprint density at radius 2 is 0.714 bits per heavy atom. The van der Waals surface area contributed by atoms with Crippen molar-refractivity contribution in [2.24, 2.45) is 0 Å². The van der Waals surface area contributed by atoms with Crippen molar-refractivity contribution >= 4 is 8.60 Å². The maximum atomic E-state index is 8.48. The maximum absolute atomic E-state index is 8.48. The monoisotopic (exact) mass is 388 g/mol. The summed E-state index contributed by atoms with van der Waals surface area (Å²) < 4.78 is 0. The third-order valence-corrected chi connectivity index (χ3v) is 0. The van der Waals surface area contributed by atoms with E-state index in [9.17, 15) is 0 Å². The van der Waals surface area contributed by atoms with E-state index < -0.39 is 8.60 Å². The van der Waals surface area contributed by atoms with Crippen molar-refractivity contribution in [3.05, 3.63) is 0 Å². The van der Waals surface area contributed by atoms with Gasteiger partial charge in [-0.05, 0) is 0 Å². The van der Waals surface area contributed by atoms with E-state index in [-0.39, 0.29) is 58.4 Å². The second-order valence-electron chi connectivity index (χ2n) is 0.224. The molecule has 0 atom stereocenters. The number of hydrogen-bond acceptors (Lipinski definition) is 3. The van der Waals surface area contributed by atoms with E-state index in [1.165, 1.54) is 0 Å². The van der Waals surface area contributed by atoms with Crippen LogP contribution in [-0.2, 0) is 58.4 Å². The molecule has 0 rings (SSSR count). The summed E-state index contributed by atoms with van der Waals surface area (Å²) in [5.74, 6) is 0. The van der Waals surface area contributed by atoms with Crippen LogP contribution in [0.3, 0.4) is 0 Å². The van der Waals surface area contributed by atoms with Gasteiger partial charge in [0.2, 0.25) is 0 Å². The first-order chi connectivity index (χ1) is 1.73. The molecule has 3 nitrogen and oxygen atoms in total. The quantitative estimate of drug-likeness (QED) is 0.335. The van der Waals surface area contributed by atoms with Crippen molar-refractivity contribution in [2.45, 2.75) is 0 Å². The van der Waals surface area contributed by atoms with E-state index in [1.54, 1.807) is 0 Å². The van der Waals surface area contributed by atoms with E-state index in [2.05, 4.69) is 0 Å². The molecule has 0 aromatic carbocycles. The van der Waals surface area contributed by atoms with Gasteiger partial charge in [-0.1, -0.05) is 0 Å². The van der Waals surface area contributed by atoms with Gasteiger partial charge >= 0.3 is 0 Å². The average Bonchev–Trinajstić information content (AvgIpc) is 0.811. The third-order valence-electron chi connectivity index (χ3n) is 0. The summed E-state index contributed by atoms with van der Waals surface area (Å²) in [5.41, 5.74) is 0. The fourth-order valence-electron chi connectivity index (χ4n) is 0. The van der Waals surface area contributed by atoms with Crippen molar-refractivity contribution in [1.29, 1.82) is 0 Å². The summed E-state index contributed by atoms with van der Waals surface area (Å²) in [7, 11) is -3.37. The summed E-state index contributed by atoms with van der Waals surface area (Å²) in [6, 6.07) is 0. The molecule has 53 valence electrons. The summed E-state index contributed by atoms with van der Waals surface area (Å²) in [6.45, 7) is 0. The Kier molecular flexibility index (Phi) is 51.4. The molecule has 0 bridgehead atoms. The van der Waals surface area contributed by atoms with Gasteiger partial charge in [0.15, 0.2) is 0 Å². The zero-order valence-electron chi connectivity index (χ0n) is 2.67. The smallest absolute Gasteiger partial charge is 0 e. The Morgan fingerprint density at radius 1 is 0.714 bits per heavy atom. The first-order valence-corrected chi connectivity index (χ1v) is 1.64. The first kappa shape index (κ1) is 22.9. The zero-order valence-corrected chi connectivity index (χ0v) is 8.48. The van der Waals surface area contributed by atoms with Crippen molar-refractivity contribution < 1.29 is 73.1 Å². The topological polar surface area (TPSA) is 69.2 Å². The molecule has 3 radical (unpaired) electrons. The van der Waals surface area contributed by atoms with Gasteiger partial charge in [0.1, 0.15) is 0 Å². The van der Waals surface area contributed by atoms with Gasteiger partial charge in [-0.2, -0.15) is 0 Å². The number of hydrogen-bond donors (Lipinski definition) is 0. The van der Waals surface area contributed by atoms with Crippen molar-refractivity contribution in [3.63, 3.8) is 0 Å². The van der Waals surface area contributed by atoms with Crippen LogP contribution >= 0.6 is 8.60 Å². The Bertz CT molecular complexity index is 14.9. The largest absolute Gasteiger partial charge is 0.854 e. The standard InChI is InChI=1S/O3P.3Rh/c1-4(2)3;;;/q-3;;;. The number of rotatable bonds is 0. The third kappa shape index (κ3) is 65.7. The predicted molar refractivity (Wildman–Crippen MR) is 6.92 cm³/mol. The molecule has 0 saturated heterocycles. The molecule has 0 fully saturated rings. The normalized spacial score (nSPS) is 5.14. The Balaban J connectivity index is -0.0000000150. The maximum Gasteiger partial charge on any atom is 0 e. The molecule has 0 aliphatic carbocycles. The van der Waals surface area contributed by atoms with Gasteiger partial charge in [0, 0.05) is 58.4 Å². The van der Waals surface area contributed by atoms with E-state index in [1.807, 2.05) is 0 Å². The van der Waals surface area contributed by atoms with Crippen molar-refractivity contribution in [3.8, 4) is 0 Å². The molecule has 0 saturated carbocycles. The van der Waals surface area contributed by atoms with Gasteiger partial charge in [-0.25, -0.2) is 0 Å². The van der Waals surface area contributed by atoms with E-state index in [4.69, 9.17) is 14.7 Å². The van der Waals surface area contributed by atoms with Crippen LogP contribution in [0.1, 0.15) is 0 Å². The Hall–Kier alpha value is 2.18. The first-order valence-electron chi connectivity index (χ1n) is 0.548. The van der Waals surface area contributed by atoms with E-state index >= 15 is 0 Å². The Labute approximate surface area is 81.2 Å². The molecule has 0 heterocycles. The SMILES string of the molecule is [O-]P([O-])[O-].[Rh].[Rh].[Rh]. The van der Waals surface area contributed by atoms with Crippen LogP contribution in [-0.4, -0.2) is 0 Å². The molecule has 7 heteroatoms. The van der Waals surface area contributed by atoms with E-state index in [0.29, 0.717) is 0 Å². The fraction of sp³-hybridized carbons (Fsp3) is 0. The van der Waals surface area contributed by atoms with Crippen LogP contribution in [0.25, 0.3) is 0 Å². The molecule has 0 amide bonds. The van der Waals surface area contributed by atoms with Crippen LogP contribution in [0, 0.1) is 0 Å². The summed E-state index contributed by atoms with van der Waals surface area (Å²) in [5, 5.41) is 0. The molecule has 0 unspecified atom stereocenters. The minimum absolute atomic E-state index is 0. The van der Waals surface area contributed by atoms with Crippen LogP contribution in [0.15, 0.2) is 0 Å². The molecule has 0 spiro atoms. The molecule has 7 heavy (non-hydrogen) atoms. The molecular weight excluding hydrogens is 388 g/mol. The van der Waals surface area contributed by atoms with Crippen LogP contribution in [0.2, 0.25) is 0 Å².